The summed E-state index contributed by atoms with van der Waals surface area (Å²) in [6.45, 7) is 4.74. The Labute approximate surface area is 122 Å². The average Bonchev–Trinajstić information content (AvgIpc) is 2.82. The second-order valence-corrected chi connectivity index (χ2v) is 5.84. The topological polar surface area (TPSA) is 12.0 Å². The summed E-state index contributed by atoms with van der Waals surface area (Å²) in [4.78, 5) is 0. The monoisotopic (exact) mass is 303 g/mol. The van der Waals surface area contributed by atoms with Crippen molar-refractivity contribution >= 4 is 0 Å². The van der Waals surface area contributed by atoms with Crippen LogP contribution in [0.2, 0.25) is 0 Å². The molecule has 2 rings (SSSR count). The van der Waals surface area contributed by atoms with E-state index < -0.39 is 17.6 Å². The zero-order valence-electron chi connectivity index (χ0n) is 12.3. The van der Waals surface area contributed by atoms with Crippen LogP contribution in [0.25, 0.3) is 0 Å². The SMILES string of the molecule is CCNC(c1ccc(F)c(C(F)(F)F)c1)C1CCCC1C. The third-order valence-corrected chi connectivity index (χ3v) is 4.43. The molecule has 1 saturated carbocycles. The molecule has 3 unspecified atom stereocenters. The van der Waals surface area contributed by atoms with E-state index in [-0.39, 0.29) is 6.04 Å². The summed E-state index contributed by atoms with van der Waals surface area (Å²) in [5, 5.41) is 3.28. The van der Waals surface area contributed by atoms with E-state index in [1.54, 1.807) is 0 Å². The first-order valence-corrected chi connectivity index (χ1v) is 7.44. The number of hydrogen-bond donors (Lipinski definition) is 1. The van der Waals surface area contributed by atoms with Gasteiger partial charge in [0.2, 0.25) is 0 Å². The molecule has 118 valence electrons. The Balaban J connectivity index is 2.36. The third kappa shape index (κ3) is 3.57. The van der Waals surface area contributed by atoms with Crippen molar-refractivity contribution in [3.8, 4) is 0 Å². The summed E-state index contributed by atoms with van der Waals surface area (Å²) in [6.07, 6.45) is -1.46. The van der Waals surface area contributed by atoms with Gasteiger partial charge in [-0.15, -0.1) is 0 Å². The number of nitrogens with one attached hydrogen (secondary N) is 1. The van der Waals surface area contributed by atoms with Gasteiger partial charge in [-0.05, 0) is 42.5 Å². The molecule has 0 heterocycles. The fourth-order valence-corrected chi connectivity index (χ4v) is 3.36. The lowest BCUT2D eigenvalue weighted by molar-refractivity contribution is -0.140. The number of benzene rings is 1. The van der Waals surface area contributed by atoms with Crippen LogP contribution in [-0.4, -0.2) is 6.54 Å². The van der Waals surface area contributed by atoms with Crippen LogP contribution in [0.5, 0.6) is 0 Å². The van der Waals surface area contributed by atoms with Gasteiger partial charge in [-0.25, -0.2) is 4.39 Å². The Morgan fingerprint density at radius 2 is 2.00 bits per heavy atom. The molecule has 0 aromatic heterocycles. The van der Waals surface area contributed by atoms with Crippen molar-refractivity contribution in [3.05, 3.63) is 35.1 Å². The first-order valence-electron chi connectivity index (χ1n) is 7.44. The van der Waals surface area contributed by atoms with E-state index in [0.717, 1.165) is 31.4 Å². The average molecular weight is 303 g/mol. The maximum atomic E-state index is 13.4. The van der Waals surface area contributed by atoms with E-state index in [1.807, 2.05) is 6.92 Å². The van der Waals surface area contributed by atoms with Crippen molar-refractivity contribution in [1.29, 1.82) is 0 Å². The third-order valence-electron chi connectivity index (χ3n) is 4.43. The van der Waals surface area contributed by atoms with Gasteiger partial charge in [0.1, 0.15) is 5.82 Å². The molecule has 0 aliphatic heterocycles. The summed E-state index contributed by atoms with van der Waals surface area (Å²) in [6, 6.07) is 3.23. The lowest BCUT2D eigenvalue weighted by Gasteiger charge is -2.28. The highest BCUT2D eigenvalue weighted by Crippen LogP contribution is 2.41. The van der Waals surface area contributed by atoms with E-state index in [4.69, 9.17) is 0 Å². The van der Waals surface area contributed by atoms with Gasteiger partial charge in [-0.1, -0.05) is 32.8 Å². The lowest BCUT2D eigenvalue weighted by Crippen LogP contribution is -2.30. The molecule has 1 nitrogen and oxygen atoms in total. The summed E-state index contributed by atoms with van der Waals surface area (Å²) >= 11 is 0. The Hall–Kier alpha value is -1.10. The molecule has 0 saturated heterocycles. The van der Waals surface area contributed by atoms with Gasteiger partial charge in [0.05, 0.1) is 5.56 Å². The Bertz CT molecular complexity index is 484. The Kier molecular flexibility index (Phi) is 4.91. The quantitative estimate of drug-likeness (QED) is 0.778. The van der Waals surface area contributed by atoms with Crippen molar-refractivity contribution in [1.82, 2.24) is 5.32 Å². The number of alkyl halides is 3. The number of hydrogen-bond acceptors (Lipinski definition) is 1. The molecule has 5 heteroatoms. The molecule has 0 radical (unpaired) electrons. The van der Waals surface area contributed by atoms with E-state index in [0.29, 0.717) is 23.9 Å². The molecule has 1 aliphatic carbocycles. The summed E-state index contributed by atoms with van der Waals surface area (Å²) < 4.78 is 52.0. The smallest absolute Gasteiger partial charge is 0.310 e. The van der Waals surface area contributed by atoms with Gasteiger partial charge in [0, 0.05) is 6.04 Å². The van der Waals surface area contributed by atoms with Crippen molar-refractivity contribution in [2.24, 2.45) is 11.8 Å². The van der Waals surface area contributed by atoms with Gasteiger partial charge in [0.15, 0.2) is 0 Å². The lowest BCUT2D eigenvalue weighted by atomic mass is 9.85. The van der Waals surface area contributed by atoms with E-state index in [1.165, 1.54) is 6.07 Å². The van der Waals surface area contributed by atoms with Crippen LogP contribution < -0.4 is 5.32 Å². The van der Waals surface area contributed by atoms with Gasteiger partial charge in [0.25, 0.3) is 0 Å². The normalized spacial score (nSPS) is 24.3. The molecular formula is C16H21F4N. The highest BCUT2D eigenvalue weighted by atomic mass is 19.4. The van der Waals surface area contributed by atoms with Crippen molar-refractivity contribution in [2.75, 3.05) is 6.54 Å². The zero-order valence-corrected chi connectivity index (χ0v) is 12.3. The minimum absolute atomic E-state index is 0.144. The molecule has 1 aromatic rings. The maximum absolute atomic E-state index is 13.4. The standard InChI is InChI=1S/C16H21F4N/c1-3-21-15(12-6-4-5-10(12)2)11-7-8-14(17)13(9-11)16(18,19)20/h7-10,12,15,21H,3-6H2,1-2H3. The Morgan fingerprint density at radius 1 is 1.29 bits per heavy atom. The van der Waals surface area contributed by atoms with Gasteiger partial charge < -0.3 is 5.32 Å². The predicted molar refractivity (Wildman–Crippen MR) is 74.3 cm³/mol. The molecule has 1 fully saturated rings. The minimum atomic E-state index is -4.65. The summed E-state index contributed by atoms with van der Waals surface area (Å²) in [5.74, 6) is -0.439. The van der Waals surface area contributed by atoms with Crippen molar-refractivity contribution in [2.45, 2.75) is 45.3 Å². The maximum Gasteiger partial charge on any atom is 0.419 e. The summed E-state index contributed by atoms with van der Waals surface area (Å²) in [7, 11) is 0. The Morgan fingerprint density at radius 3 is 2.52 bits per heavy atom. The van der Waals surface area contributed by atoms with Gasteiger partial charge in [-0.2, -0.15) is 13.2 Å². The van der Waals surface area contributed by atoms with E-state index in [2.05, 4.69) is 12.2 Å². The molecule has 1 aliphatic rings. The van der Waals surface area contributed by atoms with Crippen LogP contribution in [-0.2, 0) is 6.18 Å². The molecule has 0 amide bonds. The predicted octanol–water partition coefficient (Wildman–Crippen LogP) is 4.93. The van der Waals surface area contributed by atoms with Crippen LogP contribution in [0.15, 0.2) is 18.2 Å². The largest absolute Gasteiger partial charge is 0.419 e. The first kappa shape index (κ1) is 16.3. The second-order valence-electron chi connectivity index (χ2n) is 5.84. The zero-order chi connectivity index (χ0) is 15.6. The van der Waals surface area contributed by atoms with Crippen LogP contribution in [0.1, 0.15) is 50.3 Å². The van der Waals surface area contributed by atoms with Crippen LogP contribution in [0.3, 0.4) is 0 Å². The molecule has 3 atom stereocenters. The highest BCUT2D eigenvalue weighted by molar-refractivity contribution is 5.30. The van der Waals surface area contributed by atoms with E-state index in [9.17, 15) is 17.6 Å². The van der Waals surface area contributed by atoms with Crippen molar-refractivity contribution in [3.63, 3.8) is 0 Å². The molecule has 1 N–H and O–H groups in total. The molecule has 0 bridgehead atoms. The van der Waals surface area contributed by atoms with Crippen LogP contribution in [0.4, 0.5) is 17.6 Å². The van der Waals surface area contributed by atoms with E-state index >= 15 is 0 Å². The minimum Gasteiger partial charge on any atom is -0.310 e. The fraction of sp³-hybridized carbons (Fsp3) is 0.625. The molecule has 0 spiro atoms. The fourth-order valence-electron chi connectivity index (χ4n) is 3.36. The van der Waals surface area contributed by atoms with Crippen LogP contribution >= 0.6 is 0 Å². The van der Waals surface area contributed by atoms with Gasteiger partial charge >= 0.3 is 6.18 Å². The highest BCUT2D eigenvalue weighted by Gasteiger charge is 2.36. The molecule has 21 heavy (non-hydrogen) atoms. The molecular weight excluding hydrogens is 282 g/mol. The van der Waals surface area contributed by atoms with Crippen LogP contribution in [0, 0.1) is 17.7 Å². The second kappa shape index (κ2) is 6.34. The summed E-state index contributed by atoms with van der Waals surface area (Å²) in [5.41, 5.74) is -0.641. The number of halogens is 4. The first-order chi connectivity index (χ1) is 9.84. The number of rotatable bonds is 4. The van der Waals surface area contributed by atoms with Crippen molar-refractivity contribution < 1.29 is 17.6 Å². The van der Waals surface area contributed by atoms with Gasteiger partial charge in [-0.3, -0.25) is 0 Å². The molecule has 1 aromatic carbocycles.